The van der Waals surface area contributed by atoms with Gasteiger partial charge in [-0.1, -0.05) is 24.3 Å². The van der Waals surface area contributed by atoms with E-state index >= 15 is 0 Å². The van der Waals surface area contributed by atoms with E-state index in [0.717, 1.165) is 25.1 Å². The van der Waals surface area contributed by atoms with Gasteiger partial charge in [-0.3, -0.25) is 0 Å². The van der Waals surface area contributed by atoms with Crippen LogP contribution in [0.4, 0.5) is 0 Å². The van der Waals surface area contributed by atoms with Gasteiger partial charge in [-0.25, -0.2) is 0 Å². The second-order valence-electron chi connectivity index (χ2n) is 5.91. The highest BCUT2D eigenvalue weighted by molar-refractivity contribution is 5.29. The second-order valence-corrected chi connectivity index (χ2v) is 5.91. The number of hydrogen-bond acceptors (Lipinski definition) is 4. The van der Waals surface area contributed by atoms with Crippen molar-refractivity contribution in [2.24, 2.45) is 0 Å². The number of phenolic OH excluding ortho intramolecular Hbond substituents is 1. The molecule has 1 atom stereocenters. The summed E-state index contributed by atoms with van der Waals surface area (Å²) >= 11 is 0. The van der Waals surface area contributed by atoms with Gasteiger partial charge < -0.3 is 15.2 Å². The Hall–Kier alpha value is -2.51. The molecule has 2 N–H and O–H groups in total. The summed E-state index contributed by atoms with van der Waals surface area (Å²) in [5.74, 6) is 1.14. The van der Waals surface area contributed by atoms with Gasteiger partial charge >= 0.3 is 0 Å². The first-order chi connectivity index (χ1) is 11.7. The minimum Gasteiger partial charge on any atom is -0.508 e. The van der Waals surface area contributed by atoms with Crippen LogP contribution in [0.3, 0.4) is 0 Å². The molecule has 0 spiro atoms. The Balaban J connectivity index is 1.78. The molecule has 0 amide bonds. The maximum Gasteiger partial charge on any atom is 0.119 e. The summed E-state index contributed by atoms with van der Waals surface area (Å²) in [6.45, 7) is 3.49. The lowest BCUT2D eigenvalue weighted by atomic mass is 10.1. The summed E-state index contributed by atoms with van der Waals surface area (Å²) in [4.78, 5) is 0. The molecule has 0 saturated heterocycles. The zero-order chi connectivity index (χ0) is 17.2. The monoisotopic (exact) mass is 324 g/mol. The molecular formula is C20H24N2O2. The minimum atomic E-state index is 0.297. The van der Waals surface area contributed by atoms with E-state index in [2.05, 4.69) is 24.4 Å². The minimum absolute atomic E-state index is 0.297. The molecule has 1 unspecified atom stereocenters. The largest absolute Gasteiger partial charge is 0.508 e. The van der Waals surface area contributed by atoms with Crippen LogP contribution in [0.5, 0.6) is 11.5 Å². The summed E-state index contributed by atoms with van der Waals surface area (Å²) in [5.41, 5.74) is 2.37. The molecule has 0 saturated carbocycles. The van der Waals surface area contributed by atoms with Crippen LogP contribution in [-0.2, 0) is 13.0 Å². The van der Waals surface area contributed by atoms with Gasteiger partial charge in [0.25, 0.3) is 0 Å². The van der Waals surface area contributed by atoms with E-state index in [9.17, 15) is 5.11 Å². The second kappa shape index (κ2) is 9.59. The number of aromatic hydroxyl groups is 1. The fraction of sp³-hybridized carbons (Fsp3) is 0.350. The third-order valence-electron chi connectivity index (χ3n) is 3.73. The number of nitriles is 1. The van der Waals surface area contributed by atoms with Gasteiger partial charge in [0.05, 0.1) is 12.7 Å². The van der Waals surface area contributed by atoms with Crippen LogP contribution in [-0.4, -0.2) is 17.8 Å². The first kappa shape index (κ1) is 17.8. The Bertz CT molecular complexity index is 662. The number of ether oxygens (including phenoxy) is 1. The van der Waals surface area contributed by atoms with E-state index < -0.39 is 0 Å². The molecule has 2 aromatic rings. The van der Waals surface area contributed by atoms with E-state index in [0.29, 0.717) is 24.8 Å². The van der Waals surface area contributed by atoms with Gasteiger partial charge in [0.15, 0.2) is 0 Å². The van der Waals surface area contributed by atoms with Crippen molar-refractivity contribution >= 4 is 0 Å². The molecule has 126 valence electrons. The van der Waals surface area contributed by atoms with Crippen molar-refractivity contribution in [2.45, 2.75) is 38.8 Å². The predicted molar refractivity (Wildman–Crippen MR) is 94.9 cm³/mol. The van der Waals surface area contributed by atoms with Crippen molar-refractivity contribution < 1.29 is 9.84 Å². The molecule has 0 radical (unpaired) electrons. The molecule has 0 aliphatic carbocycles. The van der Waals surface area contributed by atoms with E-state index in [1.165, 1.54) is 11.1 Å². The van der Waals surface area contributed by atoms with Crippen molar-refractivity contribution in [3.05, 3.63) is 59.7 Å². The highest BCUT2D eigenvalue weighted by Gasteiger charge is 2.04. The lowest BCUT2D eigenvalue weighted by Gasteiger charge is -2.15. The molecule has 2 aromatic carbocycles. The third-order valence-corrected chi connectivity index (χ3v) is 3.73. The van der Waals surface area contributed by atoms with Gasteiger partial charge in [0.2, 0.25) is 0 Å². The predicted octanol–water partition coefficient (Wildman–Crippen LogP) is 3.80. The number of rotatable bonds is 9. The van der Waals surface area contributed by atoms with Crippen molar-refractivity contribution in [1.29, 1.82) is 5.26 Å². The highest BCUT2D eigenvalue weighted by atomic mass is 16.5. The molecule has 4 heteroatoms. The van der Waals surface area contributed by atoms with Crippen molar-refractivity contribution in [3.8, 4) is 17.6 Å². The smallest absolute Gasteiger partial charge is 0.119 e. The summed E-state index contributed by atoms with van der Waals surface area (Å²) in [6, 6.07) is 17.8. The topological polar surface area (TPSA) is 65.3 Å². The summed E-state index contributed by atoms with van der Waals surface area (Å²) < 4.78 is 5.66. The van der Waals surface area contributed by atoms with E-state index in [-0.39, 0.29) is 0 Å². The molecule has 0 aromatic heterocycles. The van der Waals surface area contributed by atoms with Crippen LogP contribution in [0.25, 0.3) is 0 Å². The molecular weight excluding hydrogens is 300 g/mol. The Morgan fingerprint density at radius 3 is 2.71 bits per heavy atom. The number of benzene rings is 2. The van der Waals surface area contributed by atoms with Crippen molar-refractivity contribution in [3.63, 3.8) is 0 Å². The molecule has 4 nitrogen and oxygen atoms in total. The Morgan fingerprint density at radius 2 is 1.96 bits per heavy atom. The summed E-state index contributed by atoms with van der Waals surface area (Å²) in [7, 11) is 0. The van der Waals surface area contributed by atoms with Gasteiger partial charge in [0, 0.05) is 19.0 Å². The maximum atomic E-state index is 9.32. The molecule has 0 fully saturated rings. The average molecular weight is 324 g/mol. The zero-order valence-electron chi connectivity index (χ0n) is 14.0. The normalized spacial score (nSPS) is 11.7. The number of nitrogens with zero attached hydrogens (tertiary/aromatic N) is 1. The lowest BCUT2D eigenvalue weighted by molar-refractivity contribution is 0.312. The standard InChI is InChI=1S/C20H24N2O2/c1-16(13-17-7-9-19(23)10-8-17)22-15-18-5-4-6-20(14-18)24-12-3-2-11-21/h4-10,14,16,22-23H,2-3,12-13,15H2,1H3. The molecule has 2 rings (SSSR count). The van der Waals surface area contributed by atoms with E-state index in [1.54, 1.807) is 12.1 Å². The SMILES string of the molecule is CC(Cc1ccc(O)cc1)NCc1cccc(OCCCC#N)c1. The number of unbranched alkanes of at least 4 members (excludes halogenated alkanes) is 1. The fourth-order valence-electron chi connectivity index (χ4n) is 2.44. The average Bonchev–Trinajstić information content (AvgIpc) is 2.59. The summed E-state index contributed by atoms with van der Waals surface area (Å²) in [6.07, 6.45) is 2.18. The van der Waals surface area contributed by atoms with Gasteiger partial charge in [-0.15, -0.1) is 0 Å². The Morgan fingerprint density at radius 1 is 1.17 bits per heavy atom. The lowest BCUT2D eigenvalue weighted by Crippen LogP contribution is -2.27. The first-order valence-electron chi connectivity index (χ1n) is 8.27. The zero-order valence-corrected chi connectivity index (χ0v) is 14.0. The van der Waals surface area contributed by atoms with Crippen LogP contribution in [0.15, 0.2) is 48.5 Å². The van der Waals surface area contributed by atoms with Crippen molar-refractivity contribution in [2.75, 3.05) is 6.61 Å². The maximum absolute atomic E-state index is 9.32. The van der Waals surface area contributed by atoms with E-state index in [1.807, 2.05) is 30.3 Å². The van der Waals surface area contributed by atoms with E-state index in [4.69, 9.17) is 10.00 Å². The molecule has 24 heavy (non-hydrogen) atoms. The first-order valence-corrected chi connectivity index (χ1v) is 8.27. The Labute approximate surface area is 143 Å². The quantitative estimate of drug-likeness (QED) is 0.689. The summed E-state index contributed by atoms with van der Waals surface area (Å²) in [5, 5.41) is 21.3. The number of nitrogens with one attached hydrogen (secondary N) is 1. The van der Waals surface area contributed by atoms with Crippen LogP contribution >= 0.6 is 0 Å². The number of hydrogen-bond donors (Lipinski definition) is 2. The molecule has 0 bridgehead atoms. The van der Waals surface area contributed by atoms with Crippen molar-refractivity contribution in [1.82, 2.24) is 5.32 Å². The van der Waals surface area contributed by atoms with Gasteiger partial charge in [-0.2, -0.15) is 5.26 Å². The third kappa shape index (κ3) is 6.31. The van der Waals surface area contributed by atoms with Gasteiger partial charge in [0.1, 0.15) is 11.5 Å². The fourth-order valence-corrected chi connectivity index (χ4v) is 2.44. The van der Waals surface area contributed by atoms with Crippen LogP contribution < -0.4 is 10.1 Å². The molecule has 0 aliphatic rings. The highest BCUT2D eigenvalue weighted by Crippen LogP contribution is 2.15. The molecule has 0 heterocycles. The van der Waals surface area contributed by atoms with Crippen LogP contribution in [0, 0.1) is 11.3 Å². The molecule has 0 aliphatic heterocycles. The van der Waals surface area contributed by atoms with Crippen LogP contribution in [0.1, 0.15) is 30.9 Å². The Kier molecular flexibility index (Phi) is 7.13. The van der Waals surface area contributed by atoms with Gasteiger partial charge in [-0.05, 0) is 55.2 Å². The number of phenols is 1. The van der Waals surface area contributed by atoms with Crippen LogP contribution in [0.2, 0.25) is 0 Å².